The van der Waals surface area contributed by atoms with E-state index in [4.69, 9.17) is 4.74 Å². The molecule has 6 nitrogen and oxygen atoms in total. The molecule has 0 bridgehead atoms. The molecule has 0 aromatic heterocycles. The molecule has 0 aliphatic carbocycles. The number of allylic oxidation sites excluding steroid dienone is 18. The monoisotopic (exact) mass is 902 g/mol. The number of nitrogens with one attached hydrogen (secondary N) is 1. The average molecular weight is 902 g/mol. The fourth-order valence-electron chi connectivity index (χ4n) is 7.33. The standard InChI is InChI=1S/C59H99NO5/c1-4-7-10-13-16-19-22-24-26-28-29-31-33-35-37-40-43-46-49-52-59(64)65-55(50-47-44-41-38-36-34-32-30-27-25-23-20-17-14-11-8-5-2)53-58(63)60-56(54-61)57(62)51-48-45-42-39-21-18-15-12-9-6-3/h7,10,16-17,19-20,24-27,29,31-32,34-35,37-38,41,55-57,61-62H,4-6,8-9,11-15,18,21-23,28,30,33,36,39-40,42-54H2,1-3H3,(H,60,63)/b10-7-,19-16-,20-17-,26-24-,27-25-,31-29-,34-32-,37-35-,41-38-. The van der Waals surface area contributed by atoms with Gasteiger partial charge in [-0.1, -0.05) is 214 Å². The minimum Gasteiger partial charge on any atom is -0.462 e. The van der Waals surface area contributed by atoms with Gasteiger partial charge in [-0.05, 0) is 109 Å². The third-order valence-electron chi connectivity index (χ3n) is 11.3. The van der Waals surface area contributed by atoms with E-state index < -0.39 is 18.2 Å². The largest absolute Gasteiger partial charge is 0.462 e. The summed E-state index contributed by atoms with van der Waals surface area (Å²) in [6, 6.07) is -0.732. The molecule has 0 saturated heterocycles. The van der Waals surface area contributed by atoms with Crippen LogP contribution in [0.5, 0.6) is 0 Å². The molecule has 3 N–H and O–H groups in total. The quantitative estimate of drug-likeness (QED) is 0.0321. The fraction of sp³-hybridized carbons (Fsp3) is 0.661. The first-order chi connectivity index (χ1) is 32.0. The molecule has 0 fully saturated rings. The summed E-state index contributed by atoms with van der Waals surface area (Å²) in [4.78, 5) is 26.2. The van der Waals surface area contributed by atoms with Crippen molar-refractivity contribution in [2.75, 3.05) is 6.61 Å². The molecule has 370 valence electrons. The fourth-order valence-corrected chi connectivity index (χ4v) is 7.33. The van der Waals surface area contributed by atoms with Crippen LogP contribution in [0.25, 0.3) is 0 Å². The van der Waals surface area contributed by atoms with Gasteiger partial charge >= 0.3 is 5.97 Å². The van der Waals surface area contributed by atoms with Crippen LogP contribution in [0.2, 0.25) is 0 Å². The number of carbonyl (C=O) groups is 2. The summed E-state index contributed by atoms with van der Waals surface area (Å²) >= 11 is 0. The van der Waals surface area contributed by atoms with E-state index in [0.717, 1.165) is 109 Å². The molecule has 6 heteroatoms. The Morgan fingerprint density at radius 3 is 1.31 bits per heavy atom. The Hall–Kier alpha value is -3.48. The molecule has 0 rings (SSSR count). The number of rotatable bonds is 46. The van der Waals surface area contributed by atoms with Crippen LogP contribution in [0.4, 0.5) is 0 Å². The van der Waals surface area contributed by atoms with Gasteiger partial charge in [0.15, 0.2) is 0 Å². The molecule has 3 unspecified atom stereocenters. The Labute approximate surface area is 400 Å². The molecule has 0 saturated carbocycles. The lowest BCUT2D eigenvalue weighted by Crippen LogP contribution is -2.46. The van der Waals surface area contributed by atoms with E-state index >= 15 is 0 Å². The van der Waals surface area contributed by atoms with Gasteiger partial charge in [0.05, 0.1) is 25.2 Å². The zero-order valence-corrected chi connectivity index (χ0v) is 42.1. The highest BCUT2D eigenvalue weighted by molar-refractivity contribution is 5.77. The first-order valence-corrected chi connectivity index (χ1v) is 26.6. The highest BCUT2D eigenvalue weighted by atomic mass is 16.5. The number of hydrogen-bond donors (Lipinski definition) is 3. The van der Waals surface area contributed by atoms with E-state index in [1.165, 1.54) is 70.6 Å². The number of carbonyl (C=O) groups excluding carboxylic acids is 2. The molecule has 0 spiro atoms. The summed E-state index contributed by atoms with van der Waals surface area (Å²) in [5.41, 5.74) is 0. The maximum Gasteiger partial charge on any atom is 0.306 e. The van der Waals surface area contributed by atoms with Crippen molar-refractivity contribution in [2.45, 2.75) is 244 Å². The minimum absolute atomic E-state index is 0.0197. The average Bonchev–Trinajstić information content (AvgIpc) is 3.30. The number of aliphatic hydroxyl groups excluding tert-OH is 2. The van der Waals surface area contributed by atoms with E-state index in [9.17, 15) is 19.8 Å². The summed E-state index contributed by atoms with van der Waals surface area (Å²) in [7, 11) is 0. The number of ether oxygens (including phenoxy) is 1. The van der Waals surface area contributed by atoms with E-state index in [1.807, 2.05) is 0 Å². The van der Waals surface area contributed by atoms with Crippen molar-refractivity contribution in [1.29, 1.82) is 0 Å². The van der Waals surface area contributed by atoms with Gasteiger partial charge in [0.2, 0.25) is 5.91 Å². The first kappa shape index (κ1) is 61.5. The van der Waals surface area contributed by atoms with Gasteiger partial charge in [0, 0.05) is 6.42 Å². The molecule has 0 aromatic carbocycles. The second-order valence-electron chi connectivity index (χ2n) is 17.5. The van der Waals surface area contributed by atoms with Crippen molar-refractivity contribution in [3.63, 3.8) is 0 Å². The zero-order valence-electron chi connectivity index (χ0n) is 42.1. The molecule has 65 heavy (non-hydrogen) atoms. The molecular weight excluding hydrogens is 803 g/mol. The van der Waals surface area contributed by atoms with Crippen molar-refractivity contribution < 1.29 is 24.5 Å². The maximum atomic E-state index is 13.2. The predicted octanol–water partition coefficient (Wildman–Crippen LogP) is 16.3. The van der Waals surface area contributed by atoms with Crippen molar-refractivity contribution in [3.8, 4) is 0 Å². The normalized spacial score (nSPS) is 14.1. The SMILES string of the molecule is CC/C=C\C/C=C\C/C=C\C/C=C\C/C=C\CCCCCC(=O)OC(CCC/C=C\C/C=C\C/C=C\C/C=C\CCCCC)CC(=O)NC(CO)C(O)CCCCCCCCCCCC. The summed E-state index contributed by atoms with van der Waals surface area (Å²) in [6.45, 7) is 6.30. The van der Waals surface area contributed by atoms with Crippen LogP contribution in [0.3, 0.4) is 0 Å². The van der Waals surface area contributed by atoms with Crippen molar-refractivity contribution in [1.82, 2.24) is 5.32 Å². The second-order valence-corrected chi connectivity index (χ2v) is 17.5. The molecule has 1 amide bonds. The lowest BCUT2D eigenvalue weighted by molar-refractivity contribution is -0.151. The molecule has 3 atom stereocenters. The third kappa shape index (κ3) is 46.8. The molecule has 0 aliphatic rings. The highest BCUT2D eigenvalue weighted by Gasteiger charge is 2.24. The van der Waals surface area contributed by atoms with Crippen LogP contribution in [-0.2, 0) is 14.3 Å². The highest BCUT2D eigenvalue weighted by Crippen LogP contribution is 2.16. The van der Waals surface area contributed by atoms with Crippen molar-refractivity contribution in [3.05, 3.63) is 109 Å². The van der Waals surface area contributed by atoms with Crippen LogP contribution in [0.1, 0.15) is 226 Å². The van der Waals surface area contributed by atoms with E-state index in [-0.39, 0.29) is 24.9 Å². The Kier molecular flexibility index (Phi) is 48.7. The molecule has 0 radical (unpaired) electrons. The molecular formula is C59H99NO5. The van der Waals surface area contributed by atoms with Gasteiger partial charge < -0.3 is 20.3 Å². The van der Waals surface area contributed by atoms with Gasteiger partial charge in [0.1, 0.15) is 6.10 Å². The minimum atomic E-state index is -0.814. The van der Waals surface area contributed by atoms with Crippen LogP contribution >= 0.6 is 0 Å². The van der Waals surface area contributed by atoms with E-state index in [0.29, 0.717) is 19.3 Å². The second kappa shape index (κ2) is 51.5. The maximum absolute atomic E-state index is 13.2. The van der Waals surface area contributed by atoms with E-state index in [1.54, 1.807) is 0 Å². The summed E-state index contributed by atoms with van der Waals surface area (Å²) in [5.74, 6) is -0.575. The number of unbranched alkanes of at least 4 members (excludes halogenated alkanes) is 16. The summed E-state index contributed by atoms with van der Waals surface area (Å²) in [6.07, 6.45) is 70.1. The summed E-state index contributed by atoms with van der Waals surface area (Å²) < 4.78 is 5.90. The summed E-state index contributed by atoms with van der Waals surface area (Å²) in [5, 5.41) is 23.7. The topological polar surface area (TPSA) is 95.9 Å². The Bertz CT molecular complexity index is 1330. The van der Waals surface area contributed by atoms with Gasteiger partial charge in [0.25, 0.3) is 0 Å². The number of esters is 1. The van der Waals surface area contributed by atoms with Crippen LogP contribution in [-0.4, -0.2) is 46.9 Å². The van der Waals surface area contributed by atoms with Crippen LogP contribution < -0.4 is 5.32 Å². The Morgan fingerprint density at radius 2 is 0.846 bits per heavy atom. The first-order valence-electron chi connectivity index (χ1n) is 26.6. The van der Waals surface area contributed by atoms with Crippen molar-refractivity contribution >= 4 is 11.9 Å². The molecule has 0 aliphatic heterocycles. The van der Waals surface area contributed by atoms with Gasteiger partial charge in [-0.2, -0.15) is 0 Å². The van der Waals surface area contributed by atoms with Crippen molar-refractivity contribution in [2.24, 2.45) is 0 Å². The lowest BCUT2D eigenvalue weighted by atomic mass is 10.0. The van der Waals surface area contributed by atoms with Gasteiger partial charge in [-0.25, -0.2) is 0 Å². The molecule has 0 aromatic rings. The van der Waals surface area contributed by atoms with Gasteiger partial charge in [-0.15, -0.1) is 0 Å². The van der Waals surface area contributed by atoms with Crippen LogP contribution in [0.15, 0.2) is 109 Å². The predicted molar refractivity (Wildman–Crippen MR) is 282 cm³/mol. The number of amides is 1. The molecule has 0 heterocycles. The Morgan fingerprint density at radius 1 is 0.462 bits per heavy atom. The zero-order chi connectivity index (χ0) is 47.4. The Balaban J connectivity index is 4.76. The number of aliphatic hydroxyl groups is 2. The van der Waals surface area contributed by atoms with Gasteiger partial charge in [-0.3, -0.25) is 9.59 Å². The lowest BCUT2D eigenvalue weighted by Gasteiger charge is -2.24. The van der Waals surface area contributed by atoms with E-state index in [2.05, 4.69) is 135 Å². The number of hydrogen-bond acceptors (Lipinski definition) is 5. The third-order valence-corrected chi connectivity index (χ3v) is 11.3. The van der Waals surface area contributed by atoms with Crippen LogP contribution in [0, 0.1) is 0 Å². The smallest absolute Gasteiger partial charge is 0.306 e.